The summed E-state index contributed by atoms with van der Waals surface area (Å²) < 4.78 is 0. The molecule has 114 valence electrons. The molecular formula is C15H22N4OS. The quantitative estimate of drug-likeness (QED) is 0.810. The van der Waals surface area contributed by atoms with Crippen LogP contribution < -0.4 is 10.6 Å². The van der Waals surface area contributed by atoms with Crippen LogP contribution in [-0.4, -0.2) is 34.8 Å². The van der Waals surface area contributed by atoms with Gasteiger partial charge in [0.05, 0.1) is 11.5 Å². The third kappa shape index (κ3) is 3.27. The number of rotatable bonds is 4. The summed E-state index contributed by atoms with van der Waals surface area (Å²) in [5.41, 5.74) is 0. The molecule has 0 atom stereocenters. The van der Waals surface area contributed by atoms with E-state index in [-0.39, 0.29) is 6.10 Å². The van der Waals surface area contributed by atoms with Crippen molar-refractivity contribution in [2.45, 2.75) is 38.7 Å². The number of nitrogens with one attached hydrogen (secondary N) is 2. The number of hydrogen-bond donors (Lipinski definition) is 3. The molecule has 0 bridgehead atoms. The van der Waals surface area contributed by atoms with Crippen molar-refractivity contribution >= 4 is 33.3 Å². The van der Waals surface area contributed by atoms with Crippen molar-refractivity contribution in [3.05, 3.63) is 10.9 Å². The van der Waals surface area contributed by atoms with Crippen LogP contribution in [0.1, 0.15) is 30.6 Å². The van der Waals surface area contributed by atoms with Gasteiger partial charge in [-0.1, -0.05) is 0 Å². The van der Waals surface area contributed by atoms with Gasteiger partial charge in [-0.2, -0.15) is 4.98 Å². The lowest BCUT2D eigenvalue weighted by atomic mass is 9.87. The average Bonchev–Trinajstić information content (AvgIpc) is 2.86. The molecule has 2 heterocycles. The lowest BCUT2D eigenvalue weighted by Gasteiger charge is -2.25. The zero-order valence-corrected chi connectivity index (χ0v) is 13.3. The lowest BCUT2D eigenvalue weighted by Crippen LogP contribution is -2.23. The van der Waals surface area contributed by atoms with Gasteiger partial charge in [0.1, 0.15) is 10.6 Å². The summed E-state index contributed by atoms with van der Waals surface area (Å²) in [6.45, 7) is 3.01. The zero-order chi connectivity index (χ0) is 14.8. The summed E-state index contributed by atoms with van der Waals surface area (Å²) in [6, 6.07) is 2.15. The molecule has 1 fully saturated rings. The molecule has 3 N–H and O–H groups in total. The highest BCUT2D eigenvalue weighted by atomic mass is 32.1. The van der Waals surface area contributed by atoms with Crippen molar-refractivity contribution in [2.75, 3.05) is 24.2 Å². The molecule has 1 aliphatic carbocycles. The van der Waals surface area contributed by atoms with Gasteiger partial charge in [-0.05, 0) is 44.6 Å². The van der Waals surface area contributed by atoms with E-state index in [2.05, 4.69) is 33.6 Å². The topological polar surface area (TPSA) is 70.1 Å². The first-order chi connectivity index (χ1) is 10.2. The molecule has 0 saturated heterocycles. The van der Waals surface area contributed by atoms with Crippen LogP contribution in [0.4, 0.5) is 11.8 Å². The van der Waals surface area contributed by atoms with E-state index < -0.39 is 0 Å². The molecule has 6 heteroatoms. The maximum absolute atomic E-state index is 9.58. The summed E-state index contributed by atoms with van der Waals surface area (Å²) in [4.78, 5) is 11.3. The molecule has 21 heavy (non-hydrogen) atoms. The van der Waals surface area contributed by atoms with Crippen LogP contribution in [0, 0.1) is 12.8 Å². The molecule has 1 aliphatic rings. The monoisotopic (exact) mass is 306 g/mol. The van der Waals surface area contributed by atoms with Crippen LogP contribution in [0.3, 0.4) is 0 Å². The number of aliphatic hydroxyl groups is 1. The maximum Gasteiger partial charge on any atom is 0.225 e. The molecule has 2 aromatic rings. The fraction of sp³-hybridized carbons (Fsp3) is 0.600. The second kappa shape index (κ2) is 6.15. The normalized spacial score (nSPS) is 22.4. The van der Waals surface area contributed by atoms with Gasteiger partial charge in [0.15, 0.2) is 0 Å². The van der Waals surface area contributed by atoms with E-state index in [1.54, 1.807) is 11.3 Å². The maximum atomic E-state index is 9.58. The Hall–Kier alpha value is -1.40. The van der Waals surface area contributed by atoms with Crippen LogP contribution in [0.25, 0.3) is 10.2 Å². The van der Waals surface area contributed by atoms with Crippen LogP contribution in [-0.2, 0) is 0 Å². The Bertz CT molecular complexity index is 619. The van der Waals surface area contributed by atoms with Crippen LogP contribution in [0.5, 0.6) is 0 Å². The Kier molecular flexibility index (Phi) is 4.26. The number of anilines is 2. The second-order valence-electron chi connectivity index (χ2n) is 5.78. The molecule has 0 amide bonds. The second-order valence-corrected chi connectivity index (χ2v) is 7.01. The minimum absolute atomic E-state index is 0.0950. The molecule has 0 unspecified atom stereocenters. The Labute approximate surface area is 128 Å². The number of fused-ring (bicyclic) bond motifs is 1. The van der Waals surface area contributed by atoms with E-state index in [4.69, 9.17) is 0 Å². The third-order valence-corrected chi connectivity index (χ3v) is 5.06. The fourth-order valence-electron chi connectivity index (χ4n) is 2.88. The average molecular weight is 306 g/mol. The van der Waals surface area contributed by atoms with Crippen LogP contribution in [0.15, 0.2) is 6.07 Å². The third-order valence-electron chi connectivity index (χ3n) is 4.11. The van der Waals surface area contributed by atoms with Gasteiger partial charge < -0.3 is 15.7 Å². The number of hydrogen-bond acceptors (Lipinski definition) is 6. The van der Waals surface area contributed by atoms with Crippen molar-refractivity contribution in [2.24, 2.45) is 5.92 Å². The summed E-state index contributed by atoms with van der Waals surface area (Å²) in [5.74, 6) is 2.20. The van der Waals surface area contributed by atoms with Crippen LogP contribution >= 0.6 is 11.3 Å². The van der Waals surface area contributed by atoms with Crippen LogP contribution in [0.2, 0.25) is 0 Å². The van der Waals surface area contributed by atoms with Gasteiger partial charge in [-0.3, -0.25) is 0 Å². The van der Waals surface area contributed by atoms with E-state index in [1.807, 2.05) is 7.05 Å². The van der Waals surface area contributed by atoms with Gasteiger partial charge in [0.25, 0.3) is 0 Å². The highest BCUT2D eigenvalue weighted by Crippen LogP contribution is 2.30. The number of aryl methyl sites for hydroxylation is 1. The summed E-state index contributed by atoms with van der Waals surface area (Å²) in [7, 11) is 1.84. The van der Waals surface area contributed by atoms with E-state index in [9.17, 15) is 5.11 Å². The Morgan fingerprint density at radius 3 is 2.76 bits per heavy atom. The molecule has 2 aromatic heterocycles. The first-order valence-corrected chi connectivity index (χ1v) is 8.35. The Balaban J connectivity index is 1.76. The Morgan fingerprint density at radius 1 is 1.29 bits per heavy atom. The molecule has 0 aliphatic heterocycles. The van der Waals surface area contributed by atoms with Gasteiger partial charge in [0, 0.05) is 18.5 Å². The summed E-state index contributed by atoms with van der Waals surface area (Å²) in [6.07, 6.45) is 3.92. The van der Waals surface area contributed by atoms with E-state index in [0.717, 1.165) is 48.3 Å². The highest BCUT2D eigenvalue weighted by Gasteiger charge is 2.19. The molecule has 5 nitrogen and oxygen atoms in total. The van der Waals surface area contributed by atoms with Crippen molar-refractivity contribution in [1.29, 1.82) is 0 Å². The first kappa shape index (κ1) is 14.5. The van der Waals surface area contributed by atoms with Crippen molar-refractivity contribution in [3.8, 4) is 0 Å². The van der Waals surface area contributed by atoms with E-state index >= 15 is 0 Å². The molecule has 0 radical (unpaired) electrons. The van der Waals surface area contributed by atoms with Gasteiger partial charge in [0.2, 0.25) is 5.95 Å². The molecular weight excluding hydrogens is 284 g/mol. The number of nitrogens with zero attached hydrogens (tertiary/aromatic N) is 2. The highest BCUT2D eigenvalue weighted by molar-refractivity contribution is 7.18. The van der Waals surface area contributed by atoms with E-state index in [1.165, 1.54) is 4.88 Å². The van der Waals surface area contributed by atoms with Crippen molar-refractivity contribution in [1.82, 2.24) is 9.97 Å². The molecule has 0 spiro atoms. The minimum Gasteiger partial charge on any atom is -0.393 e. The minimum atomic E-state index is -0.0950. The number of aliphatic hydroxyl groups excluding tert-OH is 1. The fourth-order valence-corrected chi connectivity index (χ4v) is 3.76. The van der Waals surface area contributed by atoms with Crippen molar-refractivity contribution in [3.63, 3.8) is 0 Å². The summed E-state index contributed by atoms with van der Waals surface area (Å²) in [5, 5.41) is 17.2. The number of thiophene rings is 1. The molecule has 0 aromatic carbocycles. The summed E-state index contributed by atoms with van der Waals surface area (Å²) >= 11 is 1.69. The van der Waals surface area contributed by atoms with Crippen molar-refractivity contribution < 1.29 is 5.11 Å². The largest absolute Gasteiger partial charge is 0.393 e. The van der Waals surface area contributed by atoms with Gasteiger partial charge >= 0.3 is 0 Å². The predicted molar refractivity (Wildman–Crippen MR) is 88.2 cm³/mol. The smallest absolute Gasteiger partial charge is 0.225 e. The molecule has 3 rings (SSSR count). The standard InChI is InChI=1S/C15H22N4OS/c1-9-7-12-13(18-15(16-2)19-14(12)21-9)17-8-10-3-5-11(20)6-4-10/h7,10-11,20H,3-6,8H2,1-2H3,(H2,16,17,18,19). The zero-order valence-electron chi connectivity index (χ0n) is 12.5. The lowest BCUT2D eigenvalue weighted by molar-refractivity contribution is 0.111. The van der Waals surface area contributed by atoms with Gasteiger partial charge in [-0.25, -0.2) is 4.98 Å². The first-order valence-electron chi connectivity index (χ1n) is 7.53. The Morgan fingerprint density at radius 2 is 2.05 bits per heavy atom. The van der Waals surface area contributed by atoms with E-state index in [0.29, 0.717) is 11.9 Å². The SMILES string of the molecule is CNc1nc(NCC2CCC(O)CC2)c2cc(C)sc2n1. The predicted octanol–water partition coefficient (Wildman–Crippen LogP) is 3.00. The van der Waals surface area contributed by atoms with Gasteiger partial charge in [-0.15, -0.1) is 11.3 Å². The number of aromatic nitrogens is 2. The molecule has 1 saturated carbocycles.